The van der Waals surface area contributed by atoms with Crippen molar-refractivity contribution in [1.82, 2.24) is 4.90 Å². The topological polar surface area (TPSA) is 61.9 Å². The summed E-state index contributed by atoms with van der Waals surface area (Å²) in [6.07, 6.45) is 0. The second-order valence-corrected chi connectivity index (χ2v) is 6.68. The number of imide groups is 1. The van der Waals surface area contributed by atoms with E-state index in [1.807, 2.05) is 24.3 Å². The number of nitrogens with zero attached hydrogens (tertiary/aromatic N) is 2. The van der Waals surface area contributed by atoms with Crippen molar-refractivity contribution in [2.75, 3.05) is 37.0 Å². The molecule has 0 aromatic heterocycles. The van der Waals surface area contributed by atoms with Gasteiger partial charge in [0.2, 0.25) is 0 Å². The van der Waals surface area contributed by atoms with Crippen molar-refractivity contribution >= 4 is 28.8 Å². The average molecular weight is 393 g/mol. The molecule has 0 saturated carbocycles. The van der Waals surface area contributed by atoms with Gasteiger partial charge in [0.05, 0.1) is 12.7 Å². The minimum absolute atomic E-state index is 0.287. The minimum atomic E-state index is -0.309. The monoisotopic (exact) mass is 393 g/mol. The largest absolute Gasteiger partial charge is 0.497 e. The predicted molar refractivity (Wildman–Crippen MR) is 116 cm³/mol. The summed E-state index contributed by atoms with van der Waals surface area (Å²) < 4.78 is 5.20. The second-order valence-electron chi connectivity index (χ2n) is 6.68. The van der Waals surface area contributed by atoms with Crippen LogP contribution in [0.2, 0.25) is 0 Å². The molecule has 1 heterocycles. The molecule has 0 spiro atoms. The molecule has 0 radical (unpaired) electrons. The highest BCUT2D eigenvalue weighted by Crippen LogP contribution is 2.31. The molecular formula is C23H27N3O3. The van der Waals surface area contributed by atoms with Gasteiger partial charge in [-0.25, -0.2) is 0 Å². The van der Waals surface area contributed by atoms with Gasteiger partial charge in [0.15, 0.2) is 0 Å². The third-order valence-corrected chi connectivity index (χ3v) is 5.13. The standard InChI is InChI=1S/C23H27N3O3/c1-5-25(6-2)18-12-10-17(11-13-18)24-21-20(22(27)26(7-3)23(21)28)16-8-14-19(29-4)15-9-16/h8-15,24H,5-7H2,1-4H3. The third-order valence-electron chi connectivity index (χ3n) is 5.13. The summed E-state index contributed by atoms with van der Waals surface area (Å²) >= 11 is 0. The number of benzene rings is 2. The van der Waals surface area contributed by atoms with E-state index >= 15 is 0 Å². The quantitative estimate of drug-likeness (QED) is 0.692. The average Bonchev–Trinajstić information content (AvgIpc) is 2.99. The maximum absolute atomic E-state index is 12.9. The van der Waals surface area contributed by atoms with Crippen LogP contribution < -0.4 is 15.0 Å². The van der Waals surface area contributed by atoms with E-state index in [9.17, 15) is 9.59 Å². The molecule has 0 atom stereocenters. The smallest absolute Gasteiger partial charge is 0.278 e. The van der Waals surface area contributed by atoms with Crippen molar-refractivity contribution in [3.05, 3.63) is 59.8 Å². The number of rotatable bonds is 8. The lowest BCUT2D eigenvalue weighted by atomic mass is 10.0. The molecule has 0 unspecified atom stereocenters. The molecule has 0 bridgehead atoms. The van der Waals surface area contributed by atoms with E-state index in [1.165, 1.54) is 4.90 Å². The van der Waals surface area contributed by atoms with Gasteiger partial charge in [-0.2, -0.15) is 0 Å². The molecule has 6 heteroatoms. The van der Waals surface area contributed by atoms with Crippen LogP contribution in [0.15, 0.2) is 54.2 Å². The van der Waals surface area contributed by atoms with Crippen molar-refractivity contribution in [2.24, 2.45) is 0 Å². The van der Waals surface area contributed by atoms with Gasteiger partial charge in [0.25, 0.3) is 11.8 Å². The zero-order valence-corrected chi connectivity index (χ0v) is 17.4. The molecular weight excluding hydrogens is 366 g/mol. The van der Waals surface area contributed by atoms with Gasteiger partial charge in [-0.1, -0.05) is 12.1 Å². The zero-order chi connectivity index (χ0) is 21.0. The summed E-state index contributed by atoms with van der Waals surface area (Å²) in [4.78, 5) is 29.3. The van der Waals surface area contributed by atoms with Crippen LogP contribution >= 0.6 is 0 Å². The van der Waals surface area contributed by atoms with E-state index in [-0.39, 0.29) is 11.8 Å². The lowest BCUT2D eigenvalue weighted by Crippen LogP contribution is -2.32. The van der Waals surface area contributed by atoms with Crippen LogP contribution in [0.25, 0.3) is 5.57 Å². The fourth-order valence-corrected chi connectivity index (χ4v) is 3.49. The fourth-order valence-electron chi connectivity index (χ4n) is 3.49. The highest BCUT2D eigenvalue weighted by atomic mass is 16.5. The molecule has 29 heavy (non-hydrogen) atoms. The van der Waals surface area contributed by atoms with E-state index in [0.717, 1.165) is 24.5 Å². The van der Waals surface area contributed by atoms with Gasteiger partial charge >= 0.3 is 0 Å². The Kier molecular flexibility index (Phi) is 6.22. The summed E-state index contributed by atoms with van der Waals surface area (Å²) in [6, 6.07) is 15.0. The molecule has 0 aliphatic carbocycles. The number of hydrogen-bond acceptors (Lipinski definition) is 5. The maximum Gasteiger partial charge on any atom is 0.278 e. The minimum Gasteiger partial charge on any atom is -0.497 e. The first-order valence-electron chi connectivity index (χ1n) is 9.90. The van der Waals surface area contributed by atoms with E-state index in [0.29, 0.717) is 29.1 Å². The Hall–Kier alpha value is -3.28. The maximum atomic E-state index is 12.9. The van der Waals surface area contributed by atoms with Crippen LogP contribution in [-0.2, 0) is 9.59 Å². The molecule has 2 aromatic rings. The van der Waals surface area contributed by atoms with E-state index in [4.69, 9.17) is 4.74 Å². The summed E-state index contributed by atoms with van der Waals surface area (Å²) in [5.41, 5.74) is 3.25. The van der Waals surface area contributed by atoms with Crippen LogP contribution in [0.5, 0.6) is 5.75 Å². The van der Waals surface area contributed by atoms with Crippen LogP contribution in [0.1, 0.15) is 26.3 Å². The highest BCUT2D eigenvalue weighted by molar-refractivity contribution is 6.36. The SMILES string of the molecule is CCN1C(=O)C(Nc2ccc(N(CC)CC)cc2)=C(c2ccc(OC)cc2)C1=O. The lowest BCUT2D eigenvalue weighted by Gasteiger charge is -2.21. The first-order valence-corrected chi connectivity index (χ1v) is 9.90. The van der Waals surface area contributed by atoms with Gasteiger partial charge in [0.1, 0.15) is 11.4 Å². The Morgan fingerprint density at radius 1 is 0.897 bits per heavy atom. The Balaban J connectivity index is 1.96. The first kappa shape index (κ1) is 20.5. The van der Waals surface area contributed by atoms with E-state index in [1.54, 1.807) is 38.3 Å². The summed E-state index contributed by atoms with van der Waals surface area (Å²) in [5.74, 6) is 0.0982. The van der Waals surface area contributed by atoms with Gasteiger partial charge in [0, 0.05) is 31.0 Å². The number of methoxy groups -OCH3 is 1. The number of likely N-dealkylation sites (N-methyl/N-ethyl adjacent to an activating group) is 1. The van der Waals surface area contributed by atoms with Crippen molar-refractivity contribution < 1.29 is 14.3 Å². The van der Waals surface area contributed by atoms with Crippen LogP contribution in [0.4, 0.5) is 11.4 Å². The Morgan fingerprint density at radius 2 is 1.52 bits per heavy atom. The number of carbonyl (C=O) groups excluding carboxylic acids is 2. The van der Waals surface area contributed by atoms with Crippen molar-refractivity contribution in [3.8, 4) is 5.75 Å². The predicted octanol–water partition coefficient (Wildman–Crippen LogP) is 3.75. The molecule has 1 N–H and O–H groups in total. The van der Waals surface area contributed by atoms with Gasteiger partial charge in [-0.05, 0) is 62.7 Å². The molecule has 3 rings (SSSR count). The van der Waals surface area contributed by atoms with Crippen molar-refractivity contribution in [3.63, 3.8) is 0 Å². The van der Waals surface area contributed by atoms with Gasteiger partial charge in [-0.3, -0.25) is 14.5 Å². The Bertz CT molecular complexity index is 913. The van der Waals surface area contributed by atoms with Gasteiger partial charge in [-0.15, -0.1) is 0 Å². The summed E-state index contributed by atoms with van der Waals surface area (Å²) in [6.45, 7) is 8.20. The normalized spacial score (nSPS) is 13.9. The third kappa shape index (κ3) is 3.97. The molecule has 1 aliphatic heterocycles. The number of carbonyl (C=O) groups is 2. The lowest BCUT2D eigenvalue weighted by molar-refractivity contribution is -0.136. The molecule has 2 amide bonds. The number of amides is 2. The van der Waals surface area contributed by atoms with Crippen LogP contribution in [-0.4, -0.2) is 43.5 Å². The number of hydrogen-bond donors (Lipinski definition) is 1. The van der Waals surface area contributed by atoms with Crippen LogP contribution in [0.3, 0.4) is 0 Å². The highest BCUT2D eigenvalue weighted by Gasteiger charge is 2.38. The molecule has 152 valence electrons. The Morgan fingerprint density at radius 3 is 2.03 bits per heavy atom. The van der Waals surface area contributed by atoms with Gasteiger partial charge < -0.3 is 15.0 Å². The molecule has 1 aliphatic rings. The molecule has 6 nitrogen and oxygen atoms in total. The summed E-state index contributed by atoms with van der Waals surface area (Å²) in [5, 5.41) is 3.18. The molecule has 2 aromatic carbocycles. The number of ether oxygens (including phenoxy) is 1. The number of anilines is 2. The number of nitrogens with one attached hydrogen (secondary N) is 1. The zero-order valence-electron chi connectivity index (χ0n) is 17.4. The first-order chi connectivity index (χ1) is 14.0. The van der Waals surface area contributed by atoms with Crippen molar-refractivity contribution in [2.45, 2.75) is 20.8 Å². The molecule has 0 saturated heterocycles. The van der Waals surface area contributed by atoms with E-state index < -0.39 is 0 Å². The Labute approximate surface area is 171 Å². The summed E-state index contributed by atoms with van der Waals surface area (Å²) in [7, 11) is 1.59. The fraction of sp³-hybridized carbons (Fsp3) is 0.304. The van der Waals surface area contributed by atoms with Crippen molar-refractivity contribution in [1.29, 1.82) is 0 Å². The second kappa shape index (κ2) is 8.82. The van der Waals surface area contributed by atoms with E-state index in [2.05, 4.69) is 24.1 Å². The molecule has 0 fully saturated rings. The van der Waals surface area contributed by atoms with Crippen LogP contribution in [0, 0.1) is 0 Å².